The minimum atomic E-state index is -0.866. The lowest BCUT2D eigenvalue weighted by atomic mass is 9.97. The summed E-state index contributed by atoms with van der Waals surface area (Å²) in [7, 11) is 0. The van der Waals surface area contributed by atoms with Gasteiger partial charge in [-0.2, -0.15) is 0 Å². The van der Waals surface area contributed by atoms with Gasteiger partial charge in [-0.3, -0.25) is 9.59 Å². The molecule has 0 aliphatic carbocycles. The van der Waals surface area contributed by atoms with Gasteiger partial charge in [0.25, 0.3) is 0 Å². The molecule has 0 spiro atoms. The van der Waals surface area contributed by atoms with Crippen molar-refractivity contribution in [1.82, 2.24) is 5.32 Å². The van der Waals surface area contributed by atoms with Gasteiger partial charge in [-0.05, 0) is 17.5 Å². The molecule has 0 aliphatic heterocycles. The first kappa shape index (κ1) is 16.5. The minimum Gasteiger partial charge on any atom is -0.481 e. The number of aliphatic carboxylic acids is 1. The molecule has 2 N–H and O–H groups in total. The second-order valence-electron chi connectivity index (χ2n) is 4.42. The largest absolute Gasteiger partial charge is 0.481 e. The predicted octanol–water partition coefficient (Wildman–Crippen LogP) is 2.25. The van der Waals surface area contributed by atoms with E-state index in [1.807, 2.05) is 0 Å². The van der Waals surface area contributed by atoms with E-state index in [0.29, 0.717) is 17.9 Å². The molecule has 0 fully saturated rings. The number of rotatable bonds is 8. The lowest BCUT2D eigenvalue weighted by Gasteiger charge is -2.12. The lowest BCUT2D eigenvalue weighted by Crippen LogP contribution is -2.27. The molecule has 1 atom stereocenters. The molecule has 0 aromatic heterocycles. The van der Waals surface area contributed by atoms with E-state index < -0.39 is 5.97 Å². The number of halogens is 1. The first-order valence-electron chi connectivity index (χ1n) is 6.31. The molecule has 20 heavy (non-hydrogen) atoms. The molecule has 1 unspecified atom stereocenters. The van der Waals surface area contributed by atoms with Crippen molar-refractivity contribution >= 4 is 23.6 Å². The van der Waals surface area contributed by atoms with Gasteiger partial charge in [0, 0.05) is 18.7 Å². The van der Waals surface area contributed by atoms with Crippen molar-refractivity contribution in [3.05, 3.63) is 35.6 Å². The van der Waals surface area contributed by atoms with Gasteiger partial charge in [0.15, 0.2) is 0 Å². The molecule has 0 bridgehead atoms. The van der Waals surface area contributed by atoms with Crippen LogP contribution in [0.4, 0.5) is 4.39 Å². The van der Waals surface area contributed by atoms with Crippen LogP contribution in [-0.4, -0.2) is 35.0 Å². The van der Waals surface area contributed by atoms with Gasteiger partial charge in [-0.1, -0.05) is 25.1 Å². The highest BCUT2D eigenvalue weighted by molar-refractivity contribution is 7.99. The highest BCUT2D eigenvalue weighted by Gasteiger charge is 2.14. The summed E-state index contributed by atoms with van der Waals surface area (Å²) in [4.78, 5) is 22.0. The van der Waals surface area contributed by atoms with Gasteiger partial charge >= 0.3 is 5.97 Å². The summed E-state index contributed by atoms with van der Waals surface area (Å²) < 4.78 is 13.5. The molecular formula is C14H18FNO3S. The summed E-state index contributed by atoms with van der Waals surface area (Å²) in [5, 5.41) is 11.2. The third-order valence-corrected chi connectivity index (χ3v) is 3.67. The van der Waals surface area contributed by atoms with E-state index in [0.717, 1.165) is 0 Å². The molecule has 1 rings (SSSR count). The fourth-order valence-corrected chi connectivity index (χ4v) is 2.32. The van der Waals surface area contributed by atoms with Crippen LogP contribution in [0.3, 0.4) is 0 Å². The lowest BCUT2D eigenvalue weighted by molar-refractivity contribution is -0.133. The first-order valence-corrected chi connectivity index (χ1v) is 7.47. The van der Waals surface area contributed by atoms with E-state index in [4.69, 9.17) is 5.11 Å². The Hall–Kier alpha value is -1.56. The molecule has 110 valence electrons. The van der Waals surface area contributed by atoms with Gasteiger partial charge in [0.05, 0.1) is 5.75 Å². The van der Waals surface area contributed by atoms with Gasteiger partial charge < -0.3 is 10.4 Å². The number of nitrogens with one attached hydrogen (secondary N) is 1. The van der Waals surface area contributed by atoms with Crippen molar-refractivity contribution in [1.29, 1.82) is 0 Å². The van der Waals surface area contributed by atoms with E-state index >= 15 is 0 Å². The molecular weight excluding hydrogens is 281 g/mol. The number of carboxylic acids is 1. The number of benzene rings is 1. The quantitative estimate of drug-likeness (QED) is 0.723. The maximum atomic E-state index is 13.5. The Labute approximate surface area is 121 Å². The van der Waals surface area contributed by atoms with Crippen LogP contribution in [0.5, 0.6) is 0 Å². The maximum Gasteiger partial charge on any atom is 0.313 e. The van der Waals surface area contributed by atoms with Gasteiger partial charge in [0.2, 0.25) is 5.91 Å². The van der Waals surface area contributed by atoms with Crippen molar-refractivity contribution in [2.45, 2.75) is 19.3 Å². The normalized spacial score (nSPS) is 11.9. The predicted molar refractivity (Wildman–Crippen MR) is 77.4 cm³/mol. The van der Waals surface area contributed by atoms with Crippen molar-refractivity contribution in [3.63, 3.8) is 0 Å². The smallest absolute Gasteiger partial charge is 0.313 e. The number of amides is 1. The highest BCUT2D eigenvalue weighted by atomic mass is 32.2. The Bertz CT molecular complexity index is 467. The van der Waals surface area contributed by atoms with Crippen LogP contribution >= 0.6 is 11.8 Å². The number of carbonyl (C=O) groups is 2. The van der Waals surface area contributed by atoms with Crippen molar-refractivity contribution in [3.8, 4) is 0 Å². The maximum absolute atomic E-state index is 13.5. The van der Waals surface area contributed by atoms with Gasteiger partial charge in [-0.15, -0.1) is 11.8 Å². The number of carbonyl (C=O) groups excluding carboxylic acids is 1. The first-order chi connectivity index (χ1) is 9.50. The number of hydrogen-bond donors (Lipinski definition) is 2. The molecule has 0 saturated heterocycles. The SMILES string of the molecule is CC(CC(=O)NCCSCC(=O)O)c1ccccc1F. The zero-order valence-electron chi connectivity index (χ0n) is 11.3. The van der Waals surface area contributed by atoms with Gasteiger partial charge in [-0.25, -0.2) is 4.39 Å². The summed E-state index contributed by atoms with van der Waals surface area (Å²) in [6, 6.07) is 6.42. The summed E-state index contributed by atoms with van der Waals surface area (Å²) in [6.45, 7) is 2.22. The summed E-state index contributed by atoms with van der Waals surface area (Å²) >= 11 is 1.25. The minimum absolute atomic E-state index is 0.0293. The number of carboxylic acid groups (broad SMARTS) is 1. The van der Waals surface area contributed by atoms with E-state index in [1.54, 1.807) is 25.1 Å². The van der Waals surface area contributed by atoms with Crippen LogP contribution < -0.4 is 5.32 Å². The molecule has 1 amide bonds. The Balaban J connectivity index is 2.28. The monoisotopic (exact) mass is 299 g/mol. The van der Waals surface area contributed by atoms with Crippen molar-refractivity contribution < 1.29 is 19.1 Å². The zero-order valence-corrected chi connectivity index (χ0v) is 12.1. The van der Waals surface area contributed by atoms with Crippen LogP contribution in [0.25, 0.3) is 0 Å². The van der Waals surface area contributed by atoms with E-state index in [1.165, 1.54) is 17.8 Å². The van der Waals surface area contributed by atoms with E-state index in [9.17, 15) is 14.0 Å². The van der Waals surface area contributed by atoms with Crippen molar-refractivity contribution in [2.24, 2.45) is 0 Å². The van der Waals surface area contributed by atoms with Crippen LogP contribution in [-0.2, 0) is 9.59 Å². The summed E-state index contributed by atoms with van der Waals surface area (Å²) in [6.07, 6.45) is 0.213. The Kier molecular flexibility index (Phi) is 7.08. The summed E-state index contributed by atoms with van der Waals surface area (Å²) in [5.74, 6) is -0.938. The van der Waals surface area contributed by atoms with Gasteiger partial charge in [0.1, 0.15) is 5.82 Å². The van der Waals surface area contributed by atoms with E-state index in [2.05, 4.69) is 5.32 Å². The van der Waals surface area contributed by atoms with Crippen LogP contribution in [0.2, 0.25) is 0 Å². The molecule has 0 saturated carbocycles. The second kappa shape index (κ2) is 8.58. The number of thioether (sulfide) groups is 1. The zero-order chi connectivity index (χ0) is 15.0. The third kappa shape index (κ3) is 6.06. The number of hydrogen-bond acceptors (Lipinski definition) is 3. The Morgan fingerprint density at radius 1 is 1.40 bits per heavy atom. The molecule has 0 heterocycles. The molecule has 6 heteroatoms. The Morgan fingerprint density at radius 2 is 2.10 bits per heavy atom. The standard InChI is InChI=1S/C14H18FNO3S/c1-10(11-4-2-3-5-12(11)15)8-13(17)16-6-7-20-9-14(18)19/h2-5,10H,6-9H2,1H3,(H,16,17)(H,18,19). The molecule has 4 nitrogen and oxygen atoms in total. The fourth-order valence-electron chi connectivity index (χ4n) is 1.76. The average Bonchev–Trinajstić information content (AvgIpc) is 2.38. The van der Waals surface area contributed by atoms with Crippen molar-refractivity contribution in [2.75, 3.05) is 18.1 Å². The third-order valence-electron chi connectivity index (χ3n) is 2.72. The molecule has 0 aliphatic rings. The second-order valence-corrected chi connectivity index (χ2v) is 5.53. The van der Waals surface area contributed by atoms with Crippen LogP contribution in [0.1, 0.15) is 24.8 Å². The molecule has 1 aromatic carbocycles. The highest BCUT2D eigenvalue weighted by Crippen LogP contribution is 2.21. The van der Waals surface area contributed by atoms with E-state index in [-0.39, 0.29) is 29.8 Å². The van der Waals surface area contributed by atoms with Crippen LogP contribution in [0, 0.1) is 5.82 Å². The topological polar surface area (TPSA) is 66.4 Å². The molecule has 0 radical (unpaired) electrons. The fraction of sp³-hybridized carbons (Fsp3) is 0.429. The molecule has 1 aromatic rings. The Morgan fingerprint density at radius 3 is 2.75 bits per heavy atom. The summed E-state index contributed by atoms with van der Waals surface area (Å²) in [5.41, 5.74) is 0.530. The van der Waals surface area contributed by atoms with Crippen LogP contribution in [0.15, 0.2) is 24.3 Å². The average molecular weight is 299 g/mol.